The molecule has 1 aliphatic rings. The van der Waals surface area contributed by atoms with Gasteiger partial charge in [-0.05, 0) is 36.4 Å². The van der Waals surface area contributed by atoms with E-state index in [1.54, 1.807) is 19.2 Å². The third kappa shape index (κ3) is 4.94. The Kier molecular flexibility index (Phi) is 6.37. The van der Waals surface area contributed by atoms with E-state index >= 15 is 0 Å². The summed E-state index contributed by atoms with van der Waals surface area (Å²) in [5.74, 6) is 0.820. The molecule has 2 N–H and O–H groups in total. The number of carbonyl (C=O) groups excluding carboxylic acids is 2. The fraction of sp³-hybridized carbons (Fsp3) is 0.333. The molecule has 0 aromatic heterocycles. The van der Waals surface area contributed by atoms with Gasteiger partial charge in [0.1, 0.15) is 5.75 Å². The van der Waals surface area contributed by atoms with Crippen LogP contribution in [-0.4, -0.2) is 56.5 Å². The molecule has 7 heteroatoms. The molecule has 0 atom stereocenters. The number of benzene rings is 2. The molecule has 7 nitrogen and oxygen atoms in total. The van der Waals surface area contributed by atoms with Crippen molar-refractivity contribution < 1.29 is 14.3 Å². The number of hydrogen-bond acceptors (Lipinski definition) is 5. The Morgan fingerprint density at radius 3 is 2.25 bits per heavy atom. The van der Waals surface area contributed by atoms with Crippen LogP contribution < -0.4 is 20.3 Å². The smallest absolute Gasteiger partial charge is 0.241 e. The first kappa shape index (κ1) is 19.5. The van der Waals surface area contributed by atoms with Crippen molar-refractivity contribution in [3.63, 3.8) is 0 Å². The van der Waals surface area contributed by atoms with E-state index < -0.39 is 0 Å². The molecule has 0 unspecified atom stereocenters. The van der Waals surface area contributed by atoms with Crippen LogP contribution in [0.1, 0.15) is 6.92 Å². The molecule has 28 heavy (non-hydrogen) atoms. The summed E-state index contributed by atoms with van der Waals surface area (Å²) in [5.41, 5.74) is 2.64. The Labute approximate surface area is 165 Å². The maximum Gasteiger partial charge on any atom is 0.241 e. The molecule has 0 saturated carbocycles. The number of para-hydroxylation sites is 2. The number of rotatable bonds is 6. The van der Waals surface area contributed by atoms with Gasteiger partial charge in [-0.25, -0.2) is 0 Å². The lowest BCUT2D eigenvalue weighted by Gasteiger charge is -2.36. The van der Waals surface area contributed by atoms with Gasteiger partial charge in [0.25, 0.3) is 0 Å². The van der Waals surface area contributed by atoms with Crippen molar-refractivity contribution >= 4 is 28.9 Å². The van der Waals surface area contributed by atoms with E-state index in [1.165, 1.54) is 6.92 Å². The fourth-order valence-electron chi connectivity index (χ4n) is 3.25. The summed E-state index contributed by atoms with van der Waals surface area (Å²) >= 11 is 0. The third-order valence-electron chi connectivity index (χ3n) is 4.71. The van der Waals surface area contributed by atoms with Gasteiger partial charge in [0.2, 0.25) is 11.8 Å². The topological polar surface area (TPSA) is 73.9 Å². The van der Waals surface area contributed by atoms with Gasteiger partial charge < -0.3 is 25.2 Å². The van der Waals surface area contributed by atoms with Gasteiger partial charge in [-0.2, -0.15) is 0 Å². The minimum atomic E-state index is -0.108. The maximum absolute atomic E-state index is 12.5. The third-order valence-corrected chi connectivity index (χ3v) is 4.71. The minimum Gasteiger partial charge on any atom is -0.495 e. The monoisotopic (exact) mass is 382 g/mol. The molecule has 0 spiro atoms. The number of methoxy groups -OCH3 is 1. The second-order valence-electron chi connectivity index (χ2n) is 6.65. The number of piperazine rings is 1. The van der Waals surface area contributed by atoms with Crippen LogP contribution >= 0.6 is 0 Å². The Morgan fingerprint density at radius 2 is 1.61 bits per heavy atom. The molecule has 0 radical (unpaired) electrons. The zero-order valence-electron chi connectivity index (χ0n) is 16.3. The van der Waals surface area contributed by atoms with Gasteiger partial charge in [-0.15, -0.1) is 0 Å². The summed E-state index contributed by atoms with van der Waals surface area (Å²) in [5, 5.41) is 5.86. The lowest BCUT2D eigenvalue weighted by molar-refractivity contribution is -0.129. The van der Waals surface area contributed by atoms with Crippen LogP contribution in [0.15, 0.2) is 48.5 Å². The van der Waals surface area contributed by atoms with Gasteiger partial charge in [0, 0.05) is 44.5 Å². The summed E-state index contributed by atoms with van der Waals surface area (Å²) in [6, 6.07) is 15.3. The molecule has 2 aromatic rings. The molecule has 0 bridgehead atoms. The highest BCUT2D eigenvalue weighted by Gasteiger charge is 2.22. The van der Waals surface area contributed by atoms with Crippen molar-refractivity contribution in [3.8, 4) is 5.75 Å². The van der Waals surface area contributed by atoms with E-state index in [2.05, 4.69) is 15.5 Å². The first-order valence-electron chi connectivity index (χ1n) is 9.34. The van der Waals surface area contributed by atoms with Gasteiger partial charge in [-0.1, -0.05) is 12.1 Å². The van der Waals surface area contributed by atoms with Gasteiger partial charge >= 0.3 is 0 Å². The number of anilines is 3. The lowest BCUT2D eigenvalue weighted by Crippen LogP contribution is -2.50. The molecular weight excluding hydrogens is 356 g/mol. The van der Waals surface area contributed by atoms with Crippen molar-refractivity contribution in [3.05, 3.63) is 48.5 Å². The van der Waals surface area contributed by atoms with Gasteiger partial charge in [0.05, 0.1) is 19.3 Å². The summed E-state index contributed by atoms with van der Waals surface area (Å²) in [6.07, 6.45) is 0. The summed E-state index contributed by atoms with van der Waals surface area (Å²) in [6.45, 7) is 4.63. The van der Waals surface area contributed by atoms with Crippen LogP contribution in [0.5, 0.6) is 5.75 Å². The summed E-state index contributed by atoms with van der Waals surface area (Å²) in [7, 11) is 1.67. The molecule has 1 heterocycles. The van der Waals surface area contributed by atoms with Crippen molar-refractivity contribution in [2.75, 3.05) is 55.4 Å². The number of amides is 2. The zero-order chi connectivity index (χ0) is 19.9. The molecule has 0 aliphatic carbocycles. The molecule has 148 valence electrons. The quantitative estimate of drug-likeness (QED) is 0.803. The van der Waals surface area contributed by atoms with E-state index in [4.69, 9.17) is 4.74 Å². The Bertz CT molecular complexity index is 815. The summed E-state index contributed by atoms with van der Waals surface area (Å²) in [4.78, 5) is 27.7. The number of hydrogen-bond donors (Lipinski definition) is 2. The second kappa shape index (κ2) is 9.12. The van der Waals surface area contributed by atoms with Crippen LogP contribution in [-0.2, 0) is 9.59 Å². The number of carbonyl (C=O) groups is 2. The van der Waals surface area contributed by atoms with Gasteiger partial charge in [-0.3, -0.25) is 9.59 Å². The number of ether oxygens (including phenoxy) is 1. The molecular formula is C21H26N4O3. The zero-order valence-corrected chi connectivity index (χ0v) is 16.3. The van der Waals surface area contributed by atoms with E-state index in [-0.39, 0.29) is 18.4 Å². The van der Waals surface area contributed by atoms with E-state index in [0.717, 1.165) is 35.9 Å². The predicted molar refractivity (Wildman–Crippen MR) is 111 cm³/mol. The second-order valence-corrected chi connectivity index (χ2v) is 6.65. The Morgan fingerprint density at radius 1 is 0.964 bits per heavy atom. The molecule has 1 fully saturated rings. The normalized spacial score (nSPS) is 13.8. The number of nitrogens with one attached hydrogen (secondary N) is 2. The van der Waals surface area contributed by atoms with Crippen molar-refractivity contribution in [2.45, 2.75) is 6.92 Å². The highest BCUT2D eigenvalue weighted by atomic mass is 16.5. The SMILES string of the molecule is COc1ccccc1N1CCN(C(=O)CNc2ccc(NC(C)=O)cc2)CC1. The highest BCUT2D eigenvalue weighted by molar-refractivity contribution is 5.89. The van der Waals surface area contributed by atoms with Crippen LogP contribution in [0.25, 0.3) is 0 Å². The van der Waals surface area contributed by atoms with Crippen molar-refractivity contribution in [1.29, 1.82) is 0 Å². The fourth-order valence-corrected chi connectivity index (χ4v) is 3.25. The highest BCUT2D eigenvalue weighted by Crippen LogP contribution is 2.28. The first-order valence-corrected chi connectivity index (χ1v) is 9.34. The van der Waals surface area contributed by atoms with Crippen molar-refractivity contribution in [2.24, 2.45) is 0 Å². The standard InChI is InChI=1S/C21H26N4O3/c1-16(26)23-18-9-7-17(8-10-18)22-15-21(27)25-13-11-24(12-14-25)19-5-3-4-6-20(19)28-2/h3-10,22H,11-15H2,1-2H3,(H,23,26). The molecule has 2 aromatic carbocycles. The van der Waals surface area contributed by atoms with E-state index in [1.807, 2.05) is 41.3 Å². The largest absolute Gasteiger partial charge is 0.495 e. The average molecular weight is 382 g/mol. The average Bonchev–Trinajstić information content (AvgIpc) is 2.72. The predicted octanol–water partition coefficient (Wildman–Crippen LogP) is 2.41. The van der Waals surface area contributed by atoms with E-state index in [0.29, 0.717) is 13.1 Å². The first-order chi connectivity index (χ1) is 13.6. The molecule has 1 aliphatic heterocycles. The van der Waals surface area contributed by atoms with Crippen LogP contribution in [0.4, 0.5) is 17.1 Å². The van der Waals surface area contributed by atoms with E-state index in [9.17, 15) is 9.59 Å². The Hall–Kier alpha value is -3.22. The van der Waals surface area contributed by atoms with Crippen LogP contribution in [0.3, 0.4) is 0 Å². The van der Waals surface area contributed by atoms with Gasteiger partial charge in [0.15, 0.2) is 0 Å². The van der Waals surface area contributed by atoms with Crippen LogP contribution in [0.2, 0.25) is 0 Å². The van der Waals surface area contributed by atoms with Crippen molar-refractivity contribution in [1.82, 2.24) is 4.90 Å². The maximum atomic E-state index is 12.5. The molecule has 2 amide bonds. The number of nitrogens with zero attached hydrogens (tertiary/aromatic N) is 2. The van der Waals surface area contributed by atoms with Crippen LogP contribution in [0, 0.1) is 0 Å². The Balaban J connectivity index is 1.48. The summed E-state index contributed by atoms with van der Waals surface area (Å²) < 4.78 is 5.43. The minimum absolute atomic E-state index is 0.0746. The lowest BCUT2D eigenvalue weighted by atomic mass is 10.2. The molecule has 1 saturated heterocycles. The molecule has 3 rings (SSSR count).